The number of hydrogen-bond acceptors (Lipinski definition) is 8. The van der Waals surface area contributed by atoms with Gasteiger partial charge >= 0.3 is 0 Å². The first-order chi connectivity index (χ1) is 15.8. The summed E-state index contributed by atoms with van der Waals surface area (Å²) in [5.74, 6) is -0.741. The highest BCUT2D eigenvalue weighted by molar-refractivity contribution is 6.33. The van der Waals surface area contributed by atoms with Crippen LogP contribution in [-0.4, -0.2) is 54.2 Å². The number of aliphatic hydroxyl groups is 1. The number of nitrogens with zero attached hydrogens (tertiary/aromatic N) is 5. The van der Waals surface area contributed by atoms with Crippen LogP contribution in [0.3, 0.4) is 0 Å². The van der Waals surface area contributed by atoms with Crippen molar-refractivity contribution in [3.8, 4) is 5.75 Å². The van der Waals surface area contributed by atoms with Crippen LogP contribution in [0.4, 0.5) is 0 Å². The van der Waals surface area contributed by atoms with Crippen molar-refractivity contribution in [2.24, 2.45) is 5.92 Å². The minimum Gasteiger partial charge on any atom is -0.491 e. The van der Waals surface area contributed by atoms with Crippen LogP contribution in [0.1, 0.15) is 27.0 Å². The zero-order valence-corrected chi connectivity index (χ0v) is 19.2. The summed E-state index contributed by atoms with van der Waals surface area (Å²) >= 11 is 6.23. The standard InChI is InChI=1S/C23H24ClN5O4/c1-13-18(10-31-15-5-4-14-9-25-11-26-17(14)8-15)32-22(19(13)33-23(2,3)30)29-7-6-16-20(24)27-12-28-21(16)29/h4-9,11-13,18-19,22,30H,10H2,1-3H3/t13-,18-,19-,22-/m1/s1. The van der Waals surface area contributed by atoms with Crippen molar-refractivity contribution >= 4 is 33.5 Å². The Hall–Kier alpha value is -2.85. The zero-order chi connectivity index (χ0) is 23.2. The summed E-state index contributed by atoms with van der Waals surface area (Å²) in [6.45, 7) is 5.52. The molecule has 1 fully saturated rings. The van der Waals surface area contributed by atoms with Gasteiger partial charge in [-0.1, -0.05) is 18.5 Å². The highest BCUT2D eigenvalue weighted by Gasteiger charge is 2.46. The Labute approximate surface area is 195 Å². The van der Waals surface area contributed by atoms with Gasteiger partial charge in [0.25, 0.3) is 0 Å². The van der Waals surface area contributed by atoms with E-state index in [1.165, 1.54) is 12.7 Å². The highest BCUT2D eigenvalue weighted by atomic mass is 35.5. The first-order valence-electron chi connectivity index (χ1n) is 10.7. The third-order valence-electron chi connectivity index (χ3n) is 5.75. The largest absolute Gasteiger partial charge is 0.491 e. The molecular formula is C23H24ClN5O4. The van der Waals surface area contributed by atoms with Crippen LogP contribution >= 0.6 is 11.6 Å². The van der Waals surface area contributed by atoms with Crippen LogP contribution in [0, 0.1) is 5.92 Å². The average Bonchev–Trinajstić information content (AvgIpc) is 3.34. The number of halogens is 1. The van der Waals surface area contributed by atoms with Crippen LogP contribution in [0.5, 0.6) is 5.75 Å². The molecule has 0 unspecified atom stereocenters. The number of fused-ring (bicyclic) bond motifs is 2. The van der Waals surface area contributed by atoms with E-state index in [9.17, 15) is 5.11 Å². The van der Waals surface area contributed by atoms with Crippen molar-refractivity contribution in [3.63, 3.8) is 0 Å². The molecule has 4 heterocycles. The Morgan fingerprint density at radius 2 is 2.03 bits per heavy atom. The molecule has 0 radical (unpaired) electrons. The Kier molecular flexibility index (Phi) is 5.65. The van der Waals surface area contributed by atoms with Crippen molar-refractivity contribution in [3.05, 3.63) is 54.5 Å². The molecule has 5 rings (SSSR count). The topological polar surface area (TPSA) is 104 Å². The fraction of sp³-hybridized carbons (Fsp3) is 0.391. The van der Waals surface area contributed by atoms with Gasteiger partial charge in [-0.3, -0.25) is 0 Å². The van der Waals surface area contributed by atoms with Gasteiger partial charge in [0.05, 0.1) is 17.0 Å². The fourth-order valence-corrected chi connectivity index (χ4v) is 4.32. The van der Waals surface area contributed by atoms with Gasteiger partial charge in [0, 0.05) is 29.8 Å². The van der Waals surface area contributed by atoms with Crippen LogP contribution in [-0.2, 0) is 9.47 Å². The summed E-state index contributed by atoms with van der Waals surface area (Å²) in [5.41, 5.74) is 1.44. The third kappa shape index (κ3) is 4.37. The van der Waals surface area contributed by atoms with Gasteiger partial charge in [0.2, 0.25) is 0 Å². The summed E-state index contributed by atoms with van der Waals surface area (Å²) < 4.78 is 20.4. The van der Waals surface area contributed by atoms with Crippen molar-refractivity contribution < 1.29 is 19.3 Å². The molecule has 3 aromatic heterocycles. The second kappa shape index (κ2) is 8.49. The van der Waals surface area contributed by atoms with Crippen LogP contribution in [0.2, 0.25) is 5.15 Å². The van der Waals surface area contributed by atoms with Crippen LogP contribution in [0.15, 0.2) is 49.3 Å². The monoisotopic (exact) mass is 469 g/mol. The second-order valence-corrected chi connectivity index (χ2v) is 8.99. The Balaban J connectivity index is 1.40. The van der Waals surface area contributed by atoms with E-state index < -0.39 is 18.1 Å². The van der Waals surface area contributed by atoms with Crippen LogP contribution < -0.4 is 4.74 Å². The number of ether oxygens (including phenoxy) is 3. The van der Waals surface area contributed by atoms with E-state index in [0.29, 0.717) is 23.2 Å². The molecule has 1 aliphatic rings. The summed E-state index contributed by atoms with van der Waals surface area (Å²) in [6, 6.07) is 7.51. The van der Waals surface area contributed by atoms with Gasteiger partial charge in [-0.25, -0.2) is 19.9 Å². The number of aromatic nitrogens is 5. The van der Waals surface area contributed by atoms with E-state index >= 15 is 0 Å². The lowest BCUT2D eigenvalue weighted by Gasteiger charge is -2.29. The molecule has 1 aromatic carbocycles. The molecule has 10 heteroatoms. The van der Waals surface area contributed by atoms with Gasteiger partial charge in [-0.15, -0.1) is 0 Å². The predicted octanol–water partition coefficient (Wildman–Crippen LogP) is 3.75. The maximum Gasteiger partial charge on any atom is 0.162 e. The molecule has 1 aliphatic heterocycles. The molecule has 1 saturated heterocycles. The summed E-state index contributed by atoms with van der Waals surface area (Å²) in [7, 11) is 0. The van der Waals surface area contributed by atoms with E-state index in [-0.39, 0.29) is 12.0 Å². The van der Waals surface area contributed by atoms with Gasteiger partial charge in [-0.2, -0.15) is 0 Å². The lowest BCUT2D eigenvalue weighted by molar-refractivity contribution is -0.227. The predicted molar refractivity (Wildman–Crippen MR) is 122 cm³/mol. The molecule has 0 aliphatic carbocycles. The molecule has 4 aromatic rings. The Bertz CT molecular complexity index is 1290. The molecule has 33 heavy (non-hydrogen) atoms. The summed E-state index contributed by atoms with van der Waals surface area (Å²) in [5, 5.41) is 12.4. The van der Waals surface area contributed by atoms with Crippen molar-refractivity contribution in [1.29, 1.82) is 0 Å². The van der Waals surface area contributed by atoms with Crippen molar-refractivity contribution in [2.45, 2.75) is 45.0 Å². The molecule has 0 saturated carbocycles. The molecule has 0 bridgehead atoms. The quantitative estimate of drug-likeness (QED) is 0.336. The fourth-order valence-electron chi connectivity index (χ4n) is 4.13. The Morgan fingerprint density at radius 1 is 1.18 bits per heavy atom. The molecule has 172 valence electrons. The second-order valence-electron chi connectivity index (χ2n) is 8.63. The van der Waals surface area contributed by atoms with E-state index in [0.717, 1.165) is 16.3 Å². The number of rotatable bonds is 6. The van der Waals surface area contributed by atoms with E-state index in [2.05, 4.69) is 19.9 Å². The maximum absolute atomic E-state index is 10.4. The van der Waals surface area contributed by atoms with E-state index in [4.69, 9.17) is 25.8 Å². The molecule has 1 N–H and O–H groups in total. The maximum atomic E-state index is 10.4. The number of benzene rings is 1. The van der Waals surface area contributed by atoms with Gasteiger partial charge < -0.3 is 23.9 Å². The van der Waals surface area contributed by atoms with Crippen LogP contribution in [0.25, 0.3) is 21.9 Å². The smallest absolute Gasteiger partial charge is 0.162 e. The number of hydrogen-bond donors (Lipinski definition) is 1. The minimum absolute atomic E-state index is 0.0843. The molecule has 4 atom stereocenters. The third-order valence-corrected chi connectivity index (χ3v) is 6.05. The molecule has 9 nitrogen and oxygen atoms in total. The molecule has 0 amide bonds. The minimum atomic E-state index is -1.34. The van der Waals surface area contributed by atoms with E-state index in [1.54, 1.807) is 20.0 Å². The normalized spacial score (nSPS) is 23.4. The lowest BCUT2D eigenvalue weighted by Crippen LogP contribution is -2.37. The van der Waals surface area contributed by atoms with Gasteiger partial charge in [0.15, 0.2) is 12.0 Å². The van der Waals surface area contributed by atoms with E-state index in [1.807, 2.05) is 42.0 Å². The lowest BCUT2D eigenvalue weighted by atomic mass is 10.00. The van der Waals surface area contributed by atoms with Crippen molar-refractivity contribution in [1.82, 2.24) is 24.5 Å². The first kappa shape index (κ1) is 22.0. The average molecular weight is 470 g/mol. The summed E-state index contributed by atoms with van der Waals surface area (Å²) in [4.78, 5) is 16.7. The Morgan fingerprint density at radius 3 is 2.85 bits per heavy atom. The summed E-state index contributed by atoms with van der Waals surface area (Å²) in [6.07, 6.45) is 5.24. The highest BCUT2D eigenvalue weighted by Crippen LogP contribution is 2.40. The molecule has 0 spiro atoms. The van der Waals surface area contributed by atoms with Gasteiger partial charge in [0.1, 0.15) is 41.9 Å². The first-order valence-corrected chi connectivity index (χ1v) is 11.0. The zero-order valence-electron chi connectivity index (χ0n) is 18.4. The molecular weight excluding hydrogens is 446 g/mol. The van der Waals surface area contributed by atoms with Gasteiger partial charge in [-0.05, 0) is 32.0 Å². The van der Waals surface area contributed by atoms with Crippen molar-refractivity contribution in [2.75, 3.05) is 6.61 Å². The SMILES string of the molecule is C[C@H]1[C@@H](OC(C)(C)O)[C@H](n2ccc3c(Cl)ncnc32)O[C@@H]1COc1ccc2cncnc2c1.